The molecular formula is C35H39F5O2. The predicted molar refractivity (Wildman–Crippen MR) is 156 cm³/mol. The lowest BCUT2D eigenvalue weighted by molar-refractivity contribution is 0.0686. The number of aryl methyl sites for hydroxylation is 1. The molecule has 0 bridgehead atoms. The molecule has 1 fully saturated rings. The third-order valence-corrected chi connectivity index (χ3v) is 8.74. The fourth-order valence-electron chi connectivity index (χ4n) is 6.27. The number of rotatable bonds is 13. The van der Waals surface area contributed by atoms with Gasteiger partial charge in [0.15, 0.2) is 17.5 Å². The first kappa shape index (κ1) is 31.7. The van der Waals surface area contributed by atoms with Gasteiger partial charge in [0.1, 0.15) is 17.2 Å². The van der Waals surface area contributed by atoms with Crippen LogP contribution in [0.25, 0.3) is 22.3 Å². The van der Waals surface area contributed by atoms with Gasteiger partial charge in [-0.25, -0.2) is 26.7 Å². The molecular weight excluding hydrogens is 547 g/mol. The summed E-state index contributed by atoms with van der Waals surface area (Å²) in [4.78, 5) is 11.5. The Hall–Kier alpha value is -3.22. The second kappa shape index (κ2) is 14.8. The normalized spacial score (nSPS) is 17.0. The van der Waals surface area contributed by atoms with Crippen LogP contribution in [0.15, 0.2) is 42.5 Å². The first-order chi connectivity index (χ1) is 20.2. The van der Waals surface area contributed by atoms with E-state index >= 15 is 4.39 Å². The Labute approximate surface area is 245 Å². The molecule has 0 heterocycles. The first-order valence-electron chi connectivity index (χ1n) is 15.2. The maximum Gasteiger partial charge on any atom is 0.341 e. The topological polar surface area (TPSA) is 37.3 Å². The van der Waals surface area contributed by atoms with Gasteiger partial charge in [-0.2, -0.15) is 0 Å². The minimum Gasteiger partial charge on any atom is -0.477 e. The molecule has 3 aromatic carbocycles. The van der Waals surface area contributed by atoms with E-state index in [1.807, 2.05) is 12.1 Å². The Morgan fingerprint density at radius 2 is 1.29 bits per heavy atom. The average Bonchev–Trinajstić information content (AvgIpc) is 2.97. The quantitative estimate of drug-likeness (QED) is 0.123. The van der Waals surface area contributed by atoms with Gasteiger partial charge in [-0.3, -0.25) is 0 Å². The van der Waals surface area contributed by atoms with Gasteiger partial charge in [0.25, 0.3) is 0 Å². The number of benzene rings is 3. The minimum absolute atomic E-state index is 0.0874. The molecule has 0 amide bonds. The zero-order valence-corrected chi connectivity index (χ0v) is 24.1. The van der Waals surface area contributed by atoms with Gasteiger partial charge in [0.2, 0.25) is 0 Å². The van der Waals surface area contributed by atoms with E-state index in [1.165, 1.54) is 70.6 Å². The Bertz CT molecular complexity index is 1340. The largest absolute Gasteiger partial charge is 0.477 e. The van der Waals surface area contributed by atoms with Crippen molar-refractivity contribution in [2.24, 2.45) is 11.8 Å². The van der Waals surface area contributed by atoms with E-state index in [0.29, 0.717) is 23.6 Å². The van der Waals surface area contributed by atoms with Crippen molar-refractivity contribution >= 4 is 5.97 Å². The number of carboxylic acid groups (broad SMARTS) is 1. The van der Waals surface area contributed by atoms with E-state index in [0.717, 1.165) is 30.4 Å². The molecule has 42 heavy (non-hydrogen) atoms. The first-order valence-corrected chi connectivity index (χ1v) is 15.2. The van der Waals surface area contributed by atoms with Crippen LogP contribution < -0.4 is 0 Å². The van der Waals surface area contributed by atoms with E-state index < -0.39 is 51.7 Å². The molecule has 1 aliphatic rings. The fourth-order valence-corrected chi connectivity index (χ4v) is 6.27. The summed E-state index contributed by atoms with van der Waals surface area (Å²) >= 11 is 0. The Morgan fingerprint density at radius 3 is 1.88 bits per heavy atom. The SMILES string of the molecule is CCCCCCCCC1CCC(CCc2ccc(-c3cc(F)c(C(=O)O)c(F)c3-c3cc(F)c(F)c(F)c3)cc2)CC1. The number of aromatic carboxylic acids is 1. The molecule has 0 saturated heterocycles. The molecule has 0 radical (unpaired) electrons. The van der Waals surface area contributed by atoms with Gasteiger partial charge >= 0.3 is 5.97 Å². The van der Waals surface area contributed by atoms with Crippen molar-refractivity contribution in [3.63, 3.8) is 0 Å². The number of carbonyl (C=O) groups is 1. The van der Waals surface area contributed by atoms with Crippen molar-refractivity contribution in [1.29, 1.82) is 0 Å². The summed E-state index contributed by atoms with van der Waals surface area (Å²) in [5.41, 5.74) is -0.900. The van der Waals surface area contributed by atoms with Gasteiger partial charge in [0.05, 0.1) is 0 Å². The second-order valence-electron chi connectivity index (χ2n) is 11.7. The maximum absolute atomic E-state index is 15.4. The molecule has 3 aromatic rings. The van der Waals surface area contributed by atoms with E-state index in [-0.39, 0.29) is 5.56 Å². The molecule has 1 N–H and O–H groups in total. The number of carboxylic acids is 1. The molecule has 2 nitrogen and oxygen atoms in total. The van der Waals surface area contributed by atoms with Gasteiger partial charge < -0.3 is 5.11 Å². The van der Waals surface area contributed by atoms with Gasteiger partial charge in [-0.15, -0.1) is 0 Å². The van der Waals surface area contributed by atoms with Gasteiger partial charge in [0, 0.05) is 5.56 Å². The third kappa shape index (κ3) is 7.78. The van der Waals surface area contributed by atoms with Crippen LogP contribution in [-0.4, -0.2) is 11.1 Å². The van der Waals surface area contributed by atoms with E-state index in [4.69, 9.17) is 0 Å². The highest BCUT2D eigenvalue weighted by atomic mass is 19.2. The zero-order chi connectivity index (χ0) is 30.2. The summed E-state index contributed by atoms with van der Waals surface area (Å²) in [6.07, 6.45) is 16.3. The standard InChI is InChI=1S/C35H39F5O2/c1-2-3-4-5-6-7-8-22-9-11-23(12-10-22)13-14-24-15-17-25(18-16-24)27-21-28(36)32(35(41)42)34(40)31(27)26-19-29(37)33(39)30(38)20-26/h15-23H,2-14H2,1H3,(H,41,42). The van der Waals surface area contributed by atoms with Crippen molar-refractivity contribution in [3.8, 4) is 22.3 Å². The molecule has 1 saturated carbocycles. The molecule has 0 atom stereocenters. The van der Waals surface area contributed by atoms with Crippen molar-refractivity contribution < 1.29 is 31.9 Å². The van der Waals surface area contributed by atoms with Gasteiger partial charge in [-0.1, -0.05) is 102 Å². The highest BCUT2D eigenvalue weighted by molar-refractivity contribution is 5.94. The summed E-state index contributed by atoms with van der Waals surface area (Å²) < 4.78 is 71.7. The maximum atomic E-state index is 15.4. The highest BCUT2D eigenvalue weighted by Crippen LogP contribution is 2.39. The number of hydrogen-bond acceptors (Lipinski definition) is 1. The van der Waals surface area contributed by atoms with E-state index in [2.05, 4.69) is 6.92 Å². The van der Waals surface area contributed by atoms with Crippen LogP contribution in [0.3, 0.4) is 0 Å². The van der Waals surface area contributed by atoms with Crippen molar-refractivity contribution in [2.45, 2.75) is 90.4 Å². The average molecular weight is 587 g/mol. The number of halogens is 5. The molecule has 0 unspecified atom stereocenters. The van der Waals surface area contributed by atoms with Crippen LogP contribution in [-0.2, 0) is 6.42 Å². The molecule has 0 aromatic heterocycles. The number of hydrogen-bond donors (Lipinski definition) is 1. The summed E-state index contributed by atoms with van der Waals surface area (Å²) in [7, 11) is 0. The number of unbranched alkanes of at least 4 members (excludes halogenated alkanes) is 5. The molecule has 7 heteroatoms. The smallest absolute Gasteiger partial charge is 0.341 e. The second-order valence-corrected chi connectivity index (χ2v) is 11.7. The highest BCUT2D eigenvalue weighted by Gasteiger charge is 2.27. The monoisotopic (exact) mass is 586 g/mol. The van der Waals surface area contributed by atoms with Crippen LogP contribution in [0, 0.1) is 40.9 Å². The molecule has 0 spiro atoms. The van der Waals surface area contributed by atoms with Crippen LogP contribution in [0.2, 0.25) is 0 Å². The minimum atomic E-state index is -1.87. The van der Waals surface area contributed by atoms with Crippen LogP contribution in [0.4, 0.5) is 22.0 Å². The summed E-state index contributed by atoms with van der Waals surface area (Å²) in [6.45, 7) is 2.24. The molecule has 0 aliphatic heterocycles. The Morgan fingerprint density at radius 1 is 0.714 bits per heavy atom. The summed E-state index contributed by atoms with van der Waals surface area (Å²) in [5.74, 6) is -8.03. The lowest BCUT2D eigenvalue weighted by atomic mass is 9.77. The Balaban J connectivity index is 1.42. The summed E-state index contributed by atoms with van der Waals surface area (Å²) in [6, 6.07) is 8.97. The predicted octanol–water partition coefficient (Wildman–Crippen LogP) is 10.9. The van der Waals surface area contributed by atoms with Crippen molar-refractivity contribution in [2.75, 3.05) is 0 Å². The third-order valence-electron chi connectivity index (χ3n) is 8.74. The molecule has 4 rings (SSSR count). The van der Waals surface area contributed by atoms with Crippen molar-refractivity contribution in [1.82, 2.24) is 0 Å². The van der Waals surface area contributed by atoms with E-state index in [1.54, 1.807) is 12.1 Å². The van der Waals surface area contributed by atoms with E-state index in [9.17, 15) is 27.5 Å². The Kier molecular flexibility index (Phi) is 11.2. The molecule has 1 aliphatic carbocycles. The lowest BCUT2D eigenvalue weighted by Gasteiger charge is -2.28. The van der Waals surface area contributed by atoms with Gasteiger partial charge in [-0.05, 0) is 65.1 Å². The zero-order valence-electron chi connectivity index (χ0n) is 24.1. The van der Waals surface area contributed by atoms with Crippen LogP contribution in [0.1, 0.15) is 99.9 Å². The lowest BCUT2D eigenvalue weighted by Crippen LogP contribution is -2.15. The van der Waals surface area contributed by atoms with Crippen LogP contribution >= 0.6 is 0 Å². The van der Waals surface area contributed by atoms with Crippen LogP contribution in [0.5, 0.6) is 0 Å². The fraction of sp³-hybridized carbons (Fsp3) is 0.457. The summed E-state index contributed by atoms with van der Waals surface area (Å²) in [5, 5.41) is 9.34. The molecule has 226 valence electrons. The van der Waals surface area contributed by atoms with Crippen molar-refractivity contribution in [3.05, 3.63) is 82.7 Å².